The van der Waals surface area contributed by atoms with Gasteiger partial charge in [0.2, 0.25) is 0 Å². The van der Waals surface area contributed by atoms with Crippen LogP contribution in [0, 0.1) is 0 Å². The molecule has 0 saturated carbocycles. The number of nitrogens with zero attached hydrogens (tertiary/aromatic N) is 2. The molecule has 0 unspecified atom stereocenters. The van der Waals surface area contributed by atoms with Crippen molar-refractivity contribution in [2.45, 2.75) is 38.4 Å². The molecule has 2 saturated heterocycles. The lowest BCUT2D eigenvalue weighted by Gasteiger charge is -2.37. The summed E-state index contributed by atoms with van der Waals surface area (Å²) in [4.78, 5) is 5.27. The molecule has 0 spiro atoms. The molecule has 2 atom stereocenters. The average molecular weight is 259 g/mol. The van der Waals surface area contributed by atoms with Gasteiger partial charge in [-0.15, -0.1) is 0 Å². The molecule has 1 aromatic carbocycles. The number of fused-ring (bicyclic) bond motifs is 1. The topological polar surface area (TPSA) is 32.5 Å². The Hall–Kier alpha value is -0.900. The van der Waals surface area contributed by atoms with Crippen molar-refractivity contribution in [3.8, 4) is 0 Å². The highest BCUT2D eigenvalue weighted by molar-refractivity contribution is 5.24. The third-order valence-corrected chi connectivity index (χ3v) is 4.58. The smallest absolute Gasteiger partial charge is 0.0266 e. The van der Waals surface area contributed by atoms with Crippen LogP contribution < -0.4 is 5.73 Å². The summed E-state index contributed by atoms with van der Waals surface area (Å²) in [6.45, 7) is 8.16. The first kappa shape index (κ1) is 13.1. The maximum absolute atomic E-state index is 5.89. The van der Waals surface area contributed by atoms with E-state index in [4.69, 9.17) is 5.73 Å². The molecule has 0 aliphatic carbocycles. The summed E-state index contributed by atoms with van der Waals surface area (Å²) in [5.41, 5.74) is 8.53. The number of benzene rings is 1. The maximum atomic E-state index is 5.89. The van der Waals surface area contributed by atoms with E-state index in [0.717, 1.165) is 12.6 Å². The van der Waals surface area contributed by atoms with Gasteiger partial charge in [0.15, 0.2) is 0 Å². The summed E-state index contributed by atoms with van der Waals surface area (Å²) in [6, 6.07) is 9.77. The summed E-state index contributed by atoms with van der Waals surface area (Å²) in [5.74, 6) is 0. The second-order valence-corrected chi connectivity index (χ2v) is 6.10. The molecule has 0 aromatic heterocycles. The first-order valence-electron chi connectivity index (χ1n) is 7.53. The summed E-state index contributed by atoms with van der Waals surface area (Å²) < 4.78 is 0. The molecule has 2 aliphatic rings. The van der Waals surface area contributed by atoms with E-state index < -0.39 is 0 Å². The van der Waals surface area contributed by atoms with E-state index in [9.17, 15) is 0 Å². The largest absolute Gasteiger partial charge is 0.324 e. The summed E-state index contributed by atoms with van der Waals surface area (Å²) in [6.07, 6.45) is 2.78. The van der Waals surface area contributed by atoms with Gasteiger partial charge >= 0.3 is 0 Å². The molecule has 0 amide bonds. The molecule has 3 rings (SSSR count). The van der Waals surface area contributed by atoms with Gasteiger partial charge in [0.05, 0.1) is 0 Å². The van der Waals surface area contributed by atoms with Crippen LogP contribution in [-0.2, 0) is 6.54 Å². The highest BCUT2D eigenvalue weighted by Crippen LogP contribution is 2.22. The van der Waals surface area contributed by atoms with Crippen molar-refractivity contribution in [1.82, 2.24) is 9.80 Å². The molecule has 2 heterocycles. The molecule has 19 heavy (non-hydrogen) atoms. The third kappa shape index (κ3) is 2.99. The Morgan fingerprint density at radius 3 is 2.74 bits per heavy atom. The van der Waals surface area contributed by atoms with E-state index >= 15 is 0 Å². The first-order valence-corrected chi connectivity index (χ1v) is 7.53. The molecule has 2 aliphatic heterocycles. The van der Waals surface area contributed by atoms with Gasteiger partial charge in [-0.1, -0.05) is 24.3 Å². The lowest BCUT2D eigenvalue weighted by molar-refractivity contribution is 0.0994. The van der Waals surface area contributed by atoms with Crippen molar-refractivity contribution >= 4 is 0 Å². The second kappa shape index (κ2) is 5.61. The van der Waals surface area contributed by atoms with E-state index in [0.29, 0.717) is 0 Å². The van der Waals surface area contributed by atoms with Crippen LogP contribution in [0.1, 0.15) is 36.9 Å². The van der Waals surface area contributed by atoms with E-state index in [2.05, 4.69) is 34.1 Å². The summed E-state index contributed by atoms with van der Waals surface area (Å²) >= 11 is 0. The predicted molar refractivity (Wildman–Crippen MR) is 78.9 cm³/mol. The van der Waals surface area contributed by atoms with Gasteiger partial charge in [-0.05, 0) is 37.4 Å². The van der Waals surface area contributed by atoms with Crippen LogP contribution in [0.4, 0.5) is 0 Å². The van der Waals surface area contributed by atoms with Crippen molar-refractivity contribution in [2.75, 3.05) is 26.2 Å². The zero-order valence-corrected chi connectivity index (χ0v) is 11.9. The minimum absolute atomic E-state index is 0.135. The van der Waals surface area contributed by atoms with Crippen LogP contribution in [0.5, 0.6) is 0 Å². The maximum Gasteiger partial charge on any atom is 0.0266 e. The highest BCUT2D eigenvalue weighted by atomic mass is 15.3. The summed E-state index contributed by atoms with van der Waals surface area (Å²) in [7, 11) is 0. The van der Waals surface area contributed by atoms with Gasteiger partial charge in [-0.3, -0.25) is 9.80 Å². The average Bonchev–Trinajstić information content (AvgIpc) is 2.87. The van der Waals surface area contributed by atoms with Crippen molar-refractivity contribution < 1.29 is 0 Å². The Kier molecular flexibility index (Phi) is 3.87. The van der Waals surface area contributed by atoms with Crippen molar-refractivity contribution in [3.05, 3.63) is 35.4 Å². The normalized spacial score (nSPS) is 26.3. The SMILES string of the molecule is C[C@H](N)c1ccc(CN2CCN3CCC[C@@H]3C2)cc1. The number of rotatable bonds is 3. The highest BCUT2D eigenvalue weighted by Gasteiger charge is 2.30. The Morgan fingerprint density at radius 2 is 2.00 bits per heavy atom. The van der Waals surface area contributed by atoms with E-state index in [1.807, 2.05) is 6.92 Å². The number of nitrogens with two attached hydrogens (primary N) is 1. The Bertz CT molecular complexity index is 413. The van der Waals surface area contributed by atoms with Gasteiger partial charge in [-0.2, -0.15) is 0 Å². The van der Waals surface area contributed by atoms with E-state index in [1.165, 1.54) is 50.1 Å². The zero-order chi connectivity index (χ0) is 13.2. The Balaban J connectivity index is 1.59. The van der Waals surface area contributed by atoms with Gasteiger partial charge < -0.3 is 5.73 Å². The van der Waals surface area contributed by atoms with Gasteiger partial charge in [-0.25, -0.2) is 0 Å². The Morgan fingerprint density at radius 1 is 1.21 bits per heavy atom. The molecule has 3 heteroatoms. The molecule has 0 bridgehead atoms. The fraction of sp³-hybridized carbons (Fsp3) is 0.625. The van der Waals surface area contributed by atoms with Crippen LogP contribution in [0.3, 0.4) is 0 Å². The van der Waals surface area contributed by atoms with E-state index in [-0.39, 0.29) is 6.04 Å². The number of hydrogen-bond acceptors (Lipinski definition) is 3. The standard InChI is InChI=1S/C16H25N3/c1-13(17)15-6-4-14(5-7-15)11-18-9-10-19-8-2-3-16(19)12-18/h4-7,13,16H,2-3,8-12,17H2,1H3/t13-,16+/m0/s1. The van der Waals surface area contributed by atoms with Crippen LogP contribution in [0.15, 0.2) is 24.3 Å². The molecule has 1 aromatic rings. The quantitative estimate of drug-likeness (QED) is 0.901. The summed E-state index contributed by atoms with van der Waals surface area (Å²) in [5, 5.41) is 0. The molecular formula is C16H25N3. The van der Waals surface area contributed by atoms with E-state index in [1.54, 1.807) is 0 Å². The van der Waals surface area contributed by atoms with Crippen molar-refractivity contribution in [3.63, 3.8) is 0 Å². The molecular weight excluding hydrogens is 234 g/mol. The first-order chi connectivity index (χ1) is 9.22. The minimum Gasteiger partial charge on any atom is -0.324 e. The van der Waals surface area contributed by atoms with Crippen LogP contribution >= 0.6 is 0 Å². The fourth-order valence-corrected chi connectivity index (χ4v) is 3.38. The molecule has 2 N–H and O–H groups in total. The monoisotopic (exact) mass is 259 g/mol. The van der Waals surface area contributed by atoms with Gasteiger partial charge in [0.1, 0.15) is 0 Å². The van der Waals surface area contributed by atoms with Crippen LogP contribution in [0.25, 0.3) is 0 Å². The third-order valence-electron chi connectivity index (χ3n) is 4.58. The van der Waals surface area contributed by atoms with Crippen LogP contribution in [-0.4, -0.2) is 42.0 Å². The van der Waals surface area contributed by atoms with Crippen molar-refractivity contribution in [1.29, 1.82) is 0 Å². The fourth-order valence-electron chi connectivity index (χ4n) is 3.38. The molecule has 2 fully saturated rings. The molecule has 0 radical (unpaired) electrons. The van der Waals surface area contributed by atoms with Gasteiger partial charge in [0.25, 0.3) is 0 Å². The van der Waals surface area contributed by atoms with Crippen molar-refractivity contribution in [2.24, 2.45) is 5.73 Å². The lowest BCUT2D eigenvalue weighted by Crippen LogP contribution is -2.49. The number of piperazine rings is 1. The van der Waals surface area contributed by atoms with Crippen LogP contribution in [0.2, 0.25) is 0 Å². The second-order valence-electron chi connectivity index (χ2n) is 6.10. The van der Waals surface area contributed by atoms with Gasteiger partial charge in [0, 0.05) is 38.3 Å². The molecule has 104 valence electrons. The Labute approximate surface area is 116 Å². The predicted octanol–water partition coefficient (Wildman–Crippen LogP) is 1.99. The lowest BCUT2D eigenvalue weighted by atomic mass is 10.1. The number of hydrogen-bond donors (Lipinski definition) is 1. The zero-order valence-electron chi connectivity index (χ0n) is 11.9. The minimum atomic E-state index is 0.135. The molecule has 3 nitrogen and oxygen atoms in total.